The third kappa shape index (κ3) is 2.48. The first-order valence-corrected chi connectivity index (χ1v) is 8.73. The zero-order valence-electron chi connectivity index (χ0n) is 15.4. The van der Waals surface area contributed by atoms with Gasteiger partial charge in [-0.15, -0.1) is 0 Å². The highest BCUT2D eigenvalue weighted by atomic mass is 16.4. The van der Waals surface area contributed by atoms with E-state index in [9.17, 15) is 29.7 Å². The number of ketones is 2. The van der Waals surface area contributed by atoms with Crippen molar-refractivity contribution in [3.8, 4) is 5.75 Å². The number of carbonyl (C=O) groups is 2. The minimum Gasteiger partial charge on any atom is -0.507 e. The third-order valence-electron chi connectivity index (χ3n) is 5.19. The van der Waals surface area contributed by atoms with Crippen molar-refractivity contribution >= 4 is 22.5 Å². The van der Waals surface area contributed by atoms with Crippen LogP contribution >= 0.6 is 0 Å². The molecule has 1 aromatic heterocycles. The summed E-state index contributed by atoms with van der Waals surface area (Å²) in [6, 6.07) is 6.64. The van der Waals surface area contributed by atoms with Gasteiger partial charge in [0.2, 0.25) is 5.78 Å². The summed E-state index contributed by atoms with van der Waals surface area (Å²) in [4.78, 5) is 38.9. The Morgan fingerprint density at radius 3 is 2.48 bits per heavy atom. The zero-order valence-corrected chi connectivity index (χ0v) is 15.4. The number of aromatic hydroxyl groups is 1. The Labute approximate surface area is 164 Å². The minimum atomic E-state index is -2.05. The zero-order chi connectivity index (χ0) is 21.1. The van der Waals surface area contributed by atoms with Crippen molar-refractivity contribution in [2.75, 3.05) is 6.61 Å². The van der Waals surface area contributed by atoms with Crippen LogP contribution in [0.25, 0.3) is 11.0 Å². The number of carbonyl (C=O) groups excluding carboxylic acids is 2. The van der Waals surface area contributed by atoms with E-state index in [1.54, 1.807) is 6.92 Å². The summed E-state index contributed by atoms with van der Waals surface area (Å²) in [5, 5.41) is 30.2. The standard InChI is InChI=1S/C22H16O7/c1-3-22(28,9-23)15-8-14(25)16-10(2)7-12-18(21(16)29-15)20(27)17-11(19(12)26)5-4-6-13(17)24/h3-8,23-24,28H,1,9H2,2H3. The van der Waals surface area contributed by atoms with Crippen LogP contribution in [0.2, 0.25) is 0 Å². The highest BCUT2D eigenvalue weighted by Crippen LogP contribution is 2.37. The van der Waals surface area contributed by atoms with Gasteiger partial charge in [-0.05, 0) is 24.6 Å². The summed E-state index contributed by atoms with van der Waals surface area (Å²) >= 11 is 0. The largest absolute Gasteiger partial charge is 0.507 e. The fourth-order valence-electron chi connectivity index (χ4n) is 3.63. The summed E-state index contributed by atoms with van der Waals surface area (Å²) in [5.74, 6) is -1.85. The first-order chi connectivity index (χ1) is 13.7. The van der Waals surface area contributed by atoms with Gasteiger partial charge in [0, 0.05) is 17.2 Å². The van der Waals surface area contributed by atoms with Crippen molar-refractivity contribution in [2.45, 2.75) is 12.5 Å². The van der Waals surface area contributed by atoms with Crippen LogP contribution < -0.4 is 5.43 Å². The number of rotatable bonds is 3. The van der Waals surface area contributed by atoms with Crippen molar-refractivity contribution in [1.29, 1.82) is 0 Å². The smallest absolute Gasteiger partial charge is 0.202 e. The number of fused-ring (bicyclic) bond motifs is 4. The second-order valence-electron chi connectivity index (χ2n) is 6.94. The van der Waals surface area contributed by atoms with E-state index in [0.717, 1.165) is 12.1 Å². The van der Waals surface area contributed by atoms with Crippen LogP contribution in [0.3, 0.4) is 0 Å². The Balaban J connectivity index is 2.16. The van der Waals surface area contributed by atoms with Gasteiger partial charge in [0.25, 0.3) is 0 Å². The molecule has 1 heterocycles. The van der Waals surface area contributed by atoms with Crippen molar-refractivity contribution in [1.82, 2.24) is 0 Å². The Kier molecular flexibility index (Phi) is 4.04. The Bertz CT molecular complexity index is 1300. The number of hydrogen-bond acceptors (Lipinski definition) is 7. The van der Waals surface area contributed by atoms with Crippen molar-refractivity contribution in [2.24, 2.45) is 0 Å². The van der Waals surface area contributed by atoms with Gasteiger partial charge in [-0.1, -0.05) is 24.8 Å². The van der Waals surface area contributed by atoms with E-state index >= 15 is 0 Å². The van der Waals surface area contributed by atoms with E-state index in [-0.39, 0.29) is 44.7 Å². The molecule has 146 valence electrons. The van der Waals surface area contributed by atoms with E-state index in [1.165, 1.54) is 24.3 Å². The molecule has 4 rings (SSSR count). The fraction of sp³-hybridized carbons (Fsp3) is 0.136. The summed E-state index contributed by atoms with van der Waals surface area (Å²) in [5.41, 5.74) is -2.65. The lowest BCUT2D eigenvalue weighted by Gasteiger charge is -2.23. The van der Waals surface area contributed by atoms with E-state index in [0.29, 0.717) is 5.56 Å². The predicted molar refractivity (Wildman–Crippen MR) is 103 cm³/mol. The lowest BCUT2D eigenvalue weighted by Crippen LogP contribution is -2.29. The normalized spacial score (nSPS) is 15.0. The average molecular weight is 392 g/mol. The second kappa shape index (κ2) is 6.23. The maximum atomic E-state index is 13.2. The fourth-order valence-corrected chi connectivity index (χ4v) is 3.63. The second-order valence-corrected chi connectivity index (χ2v) is 6.94. The van der Waals surface area contributed by atoms with Crippen molar-refractivity contribution in [3.63, 3.8) is 0 Å². The lowest BCUT2D eigenvalue weighted by atomic mass is 9.81. The molecule has 1 unspecified atom stereocenters. The number of aliphatic hydroxyl groups is 2. The summed E-state index contributed by atoms with van der Waals surface area (Å²) < 4.78 is 5.71. The first kappa shape index (κ1) is 18.8. The molecule has 1 atom stereocenters. The Hall–Kier alpha value is -3.55. The lowest BCUT2D eigenvalue weighted by molar-refractivity contribution is 0.00701. The molecule has 1 aliphatic rings. The van der Waals surface area contributed by atoms with Crippen LogP contribution in [-0.4, -0.2) is 33.5 Å². The van der Waals surface area contributed by atoms with Gasteiger partial charge in [0.1, 0.15) is 17.1 Å². The first-order valence-electron chi connectivity index (χ1n) is 8.73. The molecular formula is C22H16O7. The van der Waals surface area contributed by atoms with E-state index in [2.05, 4.69) is 6.58 Å². The van der Waals surface area contributed by atoms with Crippen LogP contribution in [0, 0.1) is 6.92 Å². The van der Waals surface area contributed by atoms with E-state index < -0.39 is 29.2 Å². The van der Waals surface area contributed by atoms with Crippen LogP contribution in [0.4, 0.5) is 0 Å². The maximum Gasteiger partial charge on any atom is 0.202 e. The molecule has 0 spiro atoms. The number of phenols is 1. The molecule has 0 aliphatic heterocycles. The van der Waals surface area contributed by atoms with Crippen LogP contribution in [-0.2, 0) is 5.60 Å². The number of hydrogen-bond donors (Lipinski definition) is 3. The maximum absolute atomic E-state index is 13.2. The Morgan fingerprint density at radius 2 is 1.83 bits per heavy atom. The molecule has 3 N–H and O–H groups in total. The number of phenolic OH excluding ortho intramolecular Hbond substituents is 1. The SMILES string of the molecule is C=CC(O)(CO)c1cc(=O)c2c(C)cc3c(c2o1)C(=O)c1c(O)cccc1C3=O. The number of aliphatic hydroxyl groups excluding tert-OH is 1. The molecule has 3 aromatic rings. The van der Waals surface area contributed by atoms with E-state index in [1.807, 2.05) is 0 Å². The molecule has 0 amide bonds. The highest BCUT2D eigenvalue weighted by Gasteiger charge is 2.36. The van der Waals surface area contributed by atoms with Crippen molar-refractivity contribution in [3.05, 3.63) is 86.8 Å². The molecule has 0 saturated carbocycles. The number of benzene rings is 2. The molecule has 29 heavy (non-hydrogen) atoms. The average Bonchev–Trinajstić information content (AvgIpc) is 2.70. The summed E-state index contributed by atoms with van der Waals surface area (Å²) in [6.45, 7) is 4.22. The quantitative estimate of drug-likeness (QED) is 0.455. The van der Waals surface area contributed by atoms with Crippen LogP contribution in [0.1, 0.15) is 43.2 Å². The summed E-state index contributed by atoms with van der Waals surface area (Å²) in [7, 11) is 0. The van der Waals surface area contributed by atoms with E-state index in [4.69, 9.17) is 4.42 Å². The van der Waals surface area contributed by atoms with Gasteiger partial charge in [-0.25, -0.2) is 0 Å². The molecule has 2 aromatic carbocycles. The van der Waals surface area contributed by atoms with Gasteiger partial charge >= 0.3 is 0 Å². The predicted octanol–water partition coefficient (Wildman–Crippen LogP) is 1.95. The van der Waals surface area contributed by atoms with Gasteiger partial charge in [0.15, 0.2) is 16.8 Å². The number of aryl methyl sites for hydroxylation is 1. The molecule has 0 radical (unpaired) electrons. The third-order valence-corrected chi connectivity index (χ3v) is 5.19. The topological polar surface area (TPSA) is 125 Å². The molecule has 0 saturated heterocycles. The minimum absolute atomic E-state index is 0.0320. The van der Waals surface area contributed by atoms with Gasteiger partial charge in [-0.2, -0.15) is 0 Å². The molecule has 0 fully saturated rings. The summed E-state index contributed by atoms with van der Waals surface area (Å²) in [6.07, 6.45) is 1.01. The monoisotopic (exact) mass is 392 g/mol. The molecular weight excluding hydrogens is 376 g/mol. The van der Waals surface area contributed by atoms with Gasteiger partial charge in [-0.3, -0.25) is 14.4 Å². The van der Waals surface area contributed by atoms with Gasteiger partial charge < -0.3 is 19.7 Å². The van der Waals surface area contributed by atoms with Gasteiger partial charge in [0.05, 0.1) is 23.1 Å². The molecule has 7 nitrogen and oxygen atoms in total. The highest BCUT2D eigenvalue weighted by molar-refractivity contribution is 6.32. The molecule has 7 heteroatoms. The van der Waals surface area contributed by atoms with Crippen LogP contribution in [0.15, 0.2) is 52.2 Å². The van der Waals surface area contributed by atoms with Crippen LogP contribution in [0.5, 0.6) is 5.75 Å². The van der Waals surface area contributed by atoms with Crippen molar-refractivity contribution < 1.29 is 29.3 Å². The molecule has 0 bridgehead atoms. The molecule has 1 aliphatic carbocycles. The Morgan fingerprint density at radius 1 is 1.10 bits per heavy atom.